The van der Waals surface area contributed by atoms with Gasteiger partial charge in [0.25, 0.3) is 0 Å². The van der Waals surface area contributed by atoms with Crippen molar-refractivity contribution in [1.29, 1.82) is 0 Å². The van der Waals surface area contributed by atoms with Gasteiger partial charge in [0.2, 0.25) is 11.8 Å². The molecule has 0 radical (unpaired) electrons. The van der Waals surface area contributed by atoms with Crippen LogP contribution in [0.25, 0.3) is 11.5 Å². The highest BCUT2D eigenvalue weighted by Gasteiger charge is 2.29. The fourth-order valence-corrected chi connectivity index (χ4v) is 3.77. The second-order valence-electron chi connectivity index (χ2n) is 6.66. The molecule has 2 unspecified atom stereocenters. The summed E-state index contributed by atoms with van der Waals surface area (Å²) in [6.07, 6.45) is 7.26. The van der Waals surface area contributed by atoms with Crippen LogP contribution in [0.5, 0.6) is 0 Å². The van der Waals surface area contributed by atoms with Crippen LogP contribution >= 0.6 is 0 Å². The smallest absolute Gasteiger partial charge is 0.247 e. The fourth-order valence-electron chi connectivity index (χ4n) is 3.77. The molecule has 5 nitrogen and oxygen atoms in total. The van der Waals surface area contributed by atoms with Crippen molar-refractivity contribution in [3.63, 3.8) is 0 Å². The summed E-state index contributed by atoms with van der Waals surface area (Å²) >= 11 is 0. The van der Waals surface area contributed by atoms with Gasteiger partial charge in [0, 0.05) is 24.2 Å². The van der Waals surface area contributed by atoms with Crippen molar-refractivity contribution in [2.75, 3.05) is 4.90 Å². The summed E-state index contributed by atoms with van der Waals surface area (Å²) in [5.41, 5.74) is 3.48. The van der Waals surface area contributed by atoms with Gasteiger partial charge in [-0.3, -0.25) is 4.99 Å². The predicted molar refractivity (Wildman–Crippen MR) is 90.6 cm³/mol. The largest absolute Gasteiger partial charge is 0.421 e. The quantitative estimate of drug-likeness (QED) is 0.842. The van der Waals surface area contributed by atoms with E-state index >= 15 is 0 Å². The predicted octanol–water partition coefficient (Wildman–Crippen LogP) is 3.97. The Balaban J connectivity index is 1.67. The van der Waals surface area contributed by atoms with Crippen LogP contribution in [-0.2, 0) is 6.54 Å². The van der Waals surface area contributed by atoms with Gasteiger partial charge in [-0.1, -0.05) is 19.8 Å². The van der Waals surface area contributed by atoms with Crippen LogP contribution < -0.4 is 4.90 Å². The summed E-state index contributed by atoms with van der Waals surface area (Å²) in [5, 5.41) is 8.03. The Morgan fingerprint density at radius 3 is 2.83 bits per heavy atom. The van der Waals surface area contributed by atoms with E-state index in [9.17, 15) is 0 Å². The zero-order valence-corrected chi connectivity index (χ0v) is 13.7. The number of fused-ring (bicyclic) bond motifs is 1. The van der Waals surface area contributed by atoms with Gasteiger partial charge in [-0.05, 0) is 42.5 Å². The summed E-state index contributed by atoms with van der Waals surface area (Å²) in [4.78, 5) is 6.96. The molecule has 0 saturated heterocycles. The first kappa shape index (κ1) is 14.4. The second kappa shape index (κ2) is 5.80. The highest BCUT2D eigenvalue weighted by Crippen LogP contribution is 2.35. The molecule has 1 saturated carbocycles. The molecule has 2 atom stereocenters. The first-order valence-electron chi connectivity index (χ1n) is 8.44. The van der Waals surface area contributed by atoms with Crippen LogP contribution in [0, 0.1) is 12.8 Å². The van der Waals surface area contributed by atoms with E-state index in [0.29, 0.717) is 30.3 Å². The lowest BCUT2D eigenvalue weighted by Gasteiger charge is -2.39. The maximum atomic E-state index is 5.55. The maximum Gasteiger partial charge on any atom is 0.247 e. The van der Waals surface area contributed by atoms with Gasteiger partial charge in [-0.15, -0.1) is 10.2 Å². The normalized spacial score (nSPS) is 23.8. The van der Waals surface area contributed by atoms with E-state index < -0.39 is 0 Å². The van der Waals surface area contributed by atoms with Crippen LogP contribution in [0.1, 0.15) is 44.1 Å². The van der Waals surface area contributed by atoms with Gasteiger partial charge >= 0.3 is 0 Å². The molecule has 2 aromatic rings. The Hall–Kier alpha value is -2.17. The number of nitrogens with zero attached hydrogens (tertiary/aromatic N) is 4. The van der Waals surface area contributed by atoms with Gasteiger partial charge in [-0.2, -0.15) is 0 Å². The molecule has 0 N–H and O–H groups in total. The summed E-state index contributed by atoms with van der Waals surface area (Å²) < 4.78 is 5.55. The highest BCUT2D eigenvalue weighted by molar-refractivity contribution is 5.84. The van der Waals surface area contributed by atoms with Crippen molar-refractivity contribution in [2.45, 2.75) is 52.1 Å². The molecule has 1 aromatic carbocycles. The molecular weight excluding hydrogens is 288 g/mol. The number of aryl methyl sites for hydroxylation is 1. The zero-order valence-electron chi connectivity index (χ0n) is 13.7. The standard InChI is InChI=1S/C18H22N4O/c1-12-5-3-4-6-16(12)22-11-19-10-15-9-14(7-8-17(15)22)18-21-20-13(2)23-18/h7-9,11-12,16H,3-6,10H2,1-2H3. The molecule has 120 valence electrons. The number of benzene rings is 1. The molecule has 1 aromatic heterocycles. The van der Waals surface area contributed by atoms with E-state index in [-0.39, 0.29) is 0 Å². The third-order valence-electron chi connectivity index (χ3n) is 5.02. The van der Waals surface area contributed by atoms with Gasteiger partial charge in [0.1, 0.15) is 0 Å². The molecule has 0 bridgehead atoms. The monoisotopic (exact) mass is 310 g/mol. The summed E-state index contributed by atoms with van der Waals surface area (Å²) in [6.45, 7) is 4.89. The summed E-state index contributed by atoms with van der Waals surface area (Å²) in [7, 11) is 0. The van der Waals surface area contributed by atoms with E-state index in [2.05, 4.69) is 45.2 Å². The van der Waals surface area contributed by atoms with Crippen molar-refractivity contribution in [3.05, 3.63) is 29.7 Å². The Morgan fingerprint density at radius 2 is 2.04 bits per heavy atom. The molecule has 23 heavy (non-hydrogen) atoms. The number of aliphatic imine (C=N–C) groups is 1. The van der Waals surface area contributed by atoms with Crippen molar-refractivity contribution in [2.24, 2.45) is 10.9 Å². The van der Waals surface area contributed by atoms with Crippen LogP contribution in [0.3, 0.4) is 0 Å². The lowest BCUT2D eigenvalue weighted by molar-refractivity contribution is 0.331. The molecule has 0 amide bonds. The van der Waals surface area contributed by atoms with Crippen LogP contribution in [-0.4, -0.2) is 22.6 Å². The molecule has 2 heterocycles. The van der Waals surface area contributed by atoms with Gasteiger partial charge in [-0.25, -0.2) is 0 Å². The average Bonchev–Trinajstić information content (AvgIpc) is 3.01. The first-order chi connectivity index (χ1) is 11.2. The molecule has 4 rings (SSSR count). The fraction of sp³-hybridized carbons (Fsp3) is 0.500. The molecular formula is C18H22N4O. The van der Waals surface area contributed by atoms with Gasteiger partial charge in [0.15, 0.2) is 0 Å². The molecule has 5 heteroatoms. The van der Waals surface area contributed by atoms with E-state index in [1.807, 2.05) is 13.3 Å². The van der Waals surface area contributed by atoms with E-state index in [1.54, 1.807) is 0 Å². The van der Waals surface area contributed by atoms with Crippen molar-refractivity contribution in [3.8, 4) is 11.5 Å². The SMILES string of the molecule is Cc1nnc(-c2ccc3c(c2)CN=CN3C2CCCCC2C)o1. The van der Waals surface area contributed by atoms with Gasteiger partial charge in [0.05, 0.1) is 12.9 Å². The lowest BCUT2D eigenvalue weighted by atomic mass is 9.84. The molecule has 1 aliphatic heterocycles. The number of rotatable bonds is 2. The van der Waals surface area contributed by atoms with Crippen LogP contribution in [0.2, 0.25) is 0 Å². The van der Waals surface area contributed by atoms with E-state index in [1.165, 1.54) is 36.9 Å². The number of aromatic nitrogens is 2. The van der Waals surface area contributed by atoms with Gasteiger partial charge < -0.3 is 9.32 Å². The van der Waals surface area contributed by atoms with Crippen molar-refractivity contribution < 1.29 is 4.42 Å². The van der Waals surface area contributed by atoms with Crippen LogP contribution in [0.15, 0.2) is 27.6 Å². The zero-order chi connectivity index (χ0) is 15.8. The molecule has 2 aliphatic rings. The molecule has 1 fully saturated rings. The van der Waals surface area contributed by atoms with Crippen molar-refractivity contribution in [1.82, 2.24) is 10.2 Å². The molecule has 0 spiro atoms. The average molecular weight is 310 g/mol. The Bertz CT molecular complexity index is 736. The Kier molecular flexibility index (Phi) is 3.63. The number of hydrogen-bond donors (Lipinski definition) is 0. The minimum absolute atomic E-state index is 0.558. The Morgan fingerprint density at radius 1 is 1.17 bits per heavy atom. The number of hydrogen-bond acceptors (Lipinski definition) is 5. The van der Waals surface area contributed by atoms with E-state index in [4.69, 9.17) is 4.42 Å². The van der Waals surface area contributed by atoms with E-state index in [0.717, 1.165) is 5.56 Å². The highest BCUT2D eigenvalue weighted by atomic mass is 16.4. The summed E-state index contributed by atoms with van der Waals surface area (Å²) in [5.74, 6) is 1.88. The minimum Gasteiger partial charge on any atom is -0.421 e. The summed E-state index contributed by atoms with van der Waals surface area (Å²) in [6, 6.07) is 6.95. The lowest BCUT2D eigenvalue weighted by Crippen LogP contribution is -2.42. The minimum atomic E-state index is 0.558. The number of anilines is 1. The Labute approximate surface area is 136 Å². The third-order valence-corrected chi connectivity index (χ3v) is 5.02. The second-order valence-corrected chi connectivity index (χ2v) is 6.66. The topological polar surface area (TPSA) is 54.5 Å². The van der Waals surface area contributed by atoms with Crippen molar-refractivity contribution >= 4 is 12.0 Å². The third kappa shape index (κ3) is 2.64. The molecule has 1 aliphatic carbocycles. The van der Waals surface area contributed by atoms with Crippen LogP contribution in [0.4, 0.5) is 5.69 Å². The maximum absolute atomic E-state index is 5.55. The first-order valence-corrected chi connectivity index (χ1v) is 8.44.